The summed E-state index contributed by atoms with van der Waals surface area (Å²) in [5.74, 6) is -0.436. The van der Waals surface area contributed by atoms with Gasteiger partial charge in [0, 0.05) is 24.8 Å². The van der Waals surface area contributed by atoms with E-state index in [1.165, 1.54) is 6.20 Å². The highest BCUT2D eigenvalue weighted by molar-refractivity contribution is 7.85. The maximum atomic E-state index is 11.1. The lowest BCUT2D eigenvalue weighted by Crippen LogP contribution is -2.29. The van der Waals surface area contributed by atoms with Gasteiger partial charge in [-0.1, -0.05) is 0 Å². The van der Waals surface area contributed by atoms with Crippen LogP contribution in [-0.4, -0.2) is 35.2 Å². The van der Waals surface area contributed by atoms with Gasteiger partial charge in [-0.2, -0.15) is 8.42 Å². The smallest absolute Gasteiger partial charge is 0.314 e. The van der Waals surface area contributed by atoms with Gasteiger partial charge >= 0.3 is 5.69 Å². The summed E-state index contributed by atoms with van der Waals surface area (Å²) in [7, 11) is -4.00. The molecule has 0 fully saturated rings. The summed E-state index contributed by atoms with van der Waals surface area (Å²) in [6, 6.07) is 0. The zero-order valence-corrected chi connectivity index (χ0v) is 9.00. The van der Waals surface area contributed by atoms with Crippen LogP contribution in [0.15, 0.2) is 15.8 Å². The number of hydrogen-bond acceptors (Lipinski definition) is 5. The molecule has 8 nitrogen and oxygen atoms in total. The Hall–Kier alpha value is -1.45. The first kappa shape index (κ1) is 12.6. The first-order chi connectivity index (χ1) is 7.38. The molecule has 0 aliphatic heterocycles. The molecule has 0 aliphatic rings. The highest BCUT2D eigenvalue weighted by Gasteiger charge is 2.04. The van der Waals surface area contributed by atoms with E-state index in [0.717, 1.165) is 0 Å². The fourth-order valence-corrected chi connectivity index (χ4v) is 1.40. The molecule has 0 saturated carbocycles. The largest absolute Gasteiger partial charge is 0.325 e. The number of rotatable bonds is 5. The second-order valence-electron chi connectivity index (χ2n) is 3.06. The van der Waals surface area contributed by atoms with Crippen molar-refractivity contribution in [3.8, 4) is 0 Å². The highest BCUT2D eigenvalue weighted by atomic mass is 32.2. The molecule has 1 rings (SSSR count). The molecule has 9 heteroatoms. The molecule has 16 heavy (non-hydrogen) atoms. The molecular weight excluding hydrogens is 238 g/mol. The van der Waals surface area contributed by atoms with Crippen LogP contribution >= 0.6 is 0 Å². The molecule has 0 aromatic carbocycles. The van der Waals surface area contributed by atoms with Crippen LogP contribution in [0.2, 0.25) is 0 Å². The summed E-state index contributed by atoms with van der Waals surface area (Å²) >= 11 is 0. The van der Waals surface area contributed by atoms with E-state index in [0.29, 0.717) is 0 Å². The minimum Gasteiger partial charge on any atom is -0.314 e. The molecule has 0 atom stereocenters. The number of H-pyrrole nitrogens is 2. The lowest BCUT2D eigenvalue weighted by molar-refractivity contribution is 0.480. The number of nitrogens with one attached hydrogen (secondary N) is 3. The van der Waals surface area contributed by atoms with Gasteiger partial charge in [0.1, 0.15) is 0 Å². The van der Waals surface area contributed by atoms with E-state index in [4.69, 9.17) is 4.55 Å². The van der Waals surface area contributed by atoms with Gasteiger partial charge in [0.25, 0.3) is 15.7 Å². The Morgan fingerprint density at radius 3 is 2.62 bits per heavy atom. The molecule has 0 spiro atoms. The Balaban J connectivity index is 2.50. The van der Waals surface area contributed by atoms with Gasteiger partial charge in [-0.05, 0) is 0 Å². The van der Waals surface area contributed by atoms with Gasteiger partial charge in [0.2, 0.25) is 0 Å². The van der Waals surface area contributed by atoms with Crippen LogP contribution in [-0.2, 0) is 16.7 Å². The Bertz CT molecular complexity index is 558. The van der Waals surface area contributed by atoms with Crippen molar-refractivity contribution in [3.63, 3.8) is 0 Å². The van der Waals surface area contributed by atoms with Crippen molar-refractivity contribution in [1.82, 2.24) is 15.3 Å². The average molecular weight is 249 g/mol. The molecule has 0 saturated heterocycles. The van der Waals surface area contributed by atoms with E-state index in [1.54, 1.807) is 0 Å². The van der Waals surface area contributed by atoms with E-state index in [9.17, 15) is 18.0 Å². The van der Waals surface area contributed by atoms with Crippen LogP contribution in [0, 0.1) is 0 Å². The van der Waals surface area contributed by atoms with Crippen LogP contribution in [0.3, 0.4) is 0 Å². The van der Waals surface area contributed by atoms with Crippen molar-refractivity contribution in [3.05, 3.63) is 32.6 Å². The second-order valence-corrected chi connectivity index (χ2v) is 4.63. The lowest BCUT2D eigenvalue weighted by atomic mass is 10.3. The van der Waals surface area contributed by atoms with Crippen LogP contribution in [0.1, 0.15) is 5.56 Å². The van der Waals surface area contributed by atoms with Gasteiger partial charge in [0.05, 0.1) is 5.75 Å². The van der Waals surface area contributed by atoms with E-state index in [2.05, 4.69) is 10.3 Å². The molecule has 1 aromatic heterocycles. The highest BCUT2D eigenvalue weighted by Crippen LogP contribution is 1.84. The number of aromatic amines is 2. The Kier molecular flexibility index (Phi) is 3.99. The summed E-state index contributed by atoms with van der Waals surface area (Å²) < 4.78 is 29.1. The van der Waals surface area contributed by atoms with Gasteiger partial charge in [-0.15, -0.1) is 0 Å². The Morgan fingerprint density at radius 2 is 2.06 bits per heavy atom. The van der Waals surface area contributed by atoms with E-state index < -0.39 is 27.1 Å². The molecule has 0 amide bonds. The summed E-state index contributed by atoms with van der Waals surface area (Å²) in [5.41, 5.74) is -0.871. The van der Waals surface area contributed by atoms with Crippen molar-refractivity contribution in [2.24, 2.45) is 0 Å². The third-order valence-electron chi connectivity index (χ3n) is 1.75. The molecule has 0 unspecified atom stereocenters. The van der Waals surface area contributed by atoms with Gasteiger partial charge in [-0.25, -0.2) is 4.79 Å². The molecule has 4 N–H and O–H groups in total. The van der Waals surface area contributed by atoms with E-state index in [-0.39, 0.29) is 18.7 Å². The third kappa shape index (κ3) is 4.38. The molecule has 0 bridgehead atoms. The molecular formula is C7H11N3O5S. The number of hydrogen-bond donors (Lipinski definition) is 4. The fraction of sp³-hybridized carbons (Fsp3) is 0.429. The Morgan fingerprint density at radius 1 is 1.38 bits per heavy atom. The minimum absolute atomic E-state index is 0.0113. The monoisotopic (exact) mass is 249 g/mol. The molecule has 1 aromatic rings. The number of aromatic nitrogens is 2. The second kappa shape index (κ2) is 5.05. The van der Waals surface area contributed by atoms with Gasteiger partial charge in [-0.3, -0.25) is 14.3 Å². The zero-order chi connectivity index (χ0) is 12.2. The summed E-state index contributed by atoms with van der Waals surface area (Å²) in [4.78, 5) is 26.1. The van der Waals surface area contributed by atoms with E-state index >= 15 is 0 Å². The fourth-order valence-electron chi connectivity index (χ4n) is 0.993. The average Bonchev–Trinajstić information content (AvgIpc) is 2.13. The quantitative estimate of drug-likeness (QED) is 0.354. The Labute approximate surface area is 90.5 Å². The first-order valence-corrected chi connectivity index (χ1v) is 5.96. The predicted molar refractivity (Wildman–Crippen MR) is 55.8 cm³/mol. The molecule has 0 radical (unpaired) electrons. The van der Waals surface area contributed by atoms with Crippen molar-refractivity contribution >= 4 is 10.1 Å². The van der Waals surface area contributed by atoms with Crippen LogP contribution < -0.4 is 16.6 Å². The van der Waals surface area contributed by atoms with Crippen LogP contribution in [0.5, 0.6) is 0 Å². The summed E-state index contributed by atoms with van der Waals surface area (Å²) in [6.45, 7) is 0.110. The minimum atomic E-state index is -4.00. The van der Waals surface area contributed by atoms with E-state index in [1.807, 2.05) is 4.98 Å². The maximum absolute atomic E-state index is 11.1. The predicted octanol–water partition coefficient (Wildman–Crippen LogP) is -1.96. The molecule has 90 valence electrons. The van der Waals surface area contributed by atoms with Crippen molar-refractivity contribution in [2.45, 2.75) is 6.54 Å². The topological polar surface area (TPSA) is 132 Å². The van der Waals surface area contributed by atoms with Crippen molar-refractivity contribution < 1.29 is 13.0 Å². The summed E-state index contributed by atoms with van der Waals surface area (Å²) in [6.07, 6.45) is 1.24. The van der Waals surface area contributed by atoms with Gasteiger partial charge < -0.3 is 10.3 Å². The van der Waals surface area contributed by atoms with Crippen molar-refractivity contribution in [1.29, 1.82) is 0 Å². The zero-order valence-electron chi connectivity index (χ0n) is 8.19. The summed E-state index contributed by atoms with van der Waals surface area (Å²) in [5, 5.41) is 2.64. The van der Waals surface area contributed by atoms with Crippen LogP contribution in [0.4, 0.5) is 0 Å². The van der Waals surface area contributed by atoms with Gasteiger partial charge in [0.15, 0.2) is 0 Å². The molecule has 0 aliphatic carbocycles. The third-order valence-corrected chi connectivity index (χ3v) is 2.47. The SMILES string of the molecule is O=c1[nH]cc(CNCCS(=O)(=O)O)c(=O)[nH]1. The maximum Gasteiger partial charge on any atom is 0.325 e. The first-order valence-electron chi connectivity index (χ1n) is 4.35. The normalized spacial score (nSPS) is 11.6. The standard InChI is InChI=1S/C7H11N3O5S/c11-6-5(4-9-7(12)10-6)3-8-1-2-16(13,14)15/h4,8H,1-3H2,(H,13,14,15)(H2,9,10,11,12). The lowest BCUT2D eigenvalue weighted by Gasteiger charge is -2.01. The van der Waals surface area contributed by atoms with Crippen LogP contribution in [0.25, 0.3) is 0 Å². The molecule has 1 heterocycles. The van der Waals surface area contributed by atoms with Crippen molar-refractivity contribution in [2.75, 3.05) is 12.3 Å².